The number of rotatable bonds is 6. The van der Waals surface area contributed by atoms with Gasteiger partial charge in [-0.1, -0.05) is 23.4 Å². The Morgan fingerprint density at radius 3 is 2.77 bits per heavy atom. The van der Waals surface area contributed by atoms with Crippen LogP contribution in [0.5, 0.6) is 5.75 Å². The van der Waals surface area contributed by atoms with Crippen molar-refractivity contribution in [3.63, 3.8) is 0 Å². The Hall–Kier alpha value is -2.38. The largest absolute Gasteiger partial charge is 0.496 e. The first-order valence-corrected chi connectivity index (χ1v) is 8.81. The molecule has 7 heteroatoms. The van der Waals surface area contributed by atoms with Crippen LogP contribution in [0.2, 0.25) is 0 Å². The van der Waals surface area contributed by atoms with Crippen LogP contribution in [0.25, 0.3) is 0 Å². The number of nitrogens with one attached hydrogen (secondary N) is 1. The summed E-state index contributed by atoms with van der Waals surface area (Å²) in [6.07, 6.45) is 1.26. The second-order valence-electron chi connectivity index (χ2n) is 6.66. The predicted molar refractivity (Wildman–Crippen MR) is 96.1 cm³/mol. The lowest BCUT2D eigenvalue weighted by atomic mass is 9.84. The van der Waals surface area contributed by atoms with Gasteiger partial charge in [0.25, 0.3) is 5.91 Å². The Morgan fingerprint density at radius 1 is 1.38 bits per heavy atom. The number of carbonyl (C=O) groups excluding carboxylic acids is 1. The molecule has 1 saturated heterocycles. The molecule has 0 atom stereocenters. The van der Waals surface area contributed by atoms with Gasteiger partial charge in [-0.15, -0.1) is 0 Å². The van der Waals surface area contributed by atoms with Gasteiger partial charge in [-0.3, -0.25) is 4.79 Å². The predicted octanol–water partition coefficient (Wildman–Crippen LogP) is 1.71. The van der Waals surface area contributed by atoms with Crippen molar-refractivity contribution >= 4 is 5.91 Å². The summed E-state index contributed by atoms with van der Waals surface area (Å²) in [5.41, 5.74) is 0.655. The molecule has 2 aromatic rings. The fraction of sp³-hybridized carbons (Fsp3) is 0.474. The first kappa shape index (κ1) is 18.4. The van der Waals surface area contributed by atoms with E-state index < -0.39 is 5.60 Å². The van der Waals surface area contributed by atoms with E-state index in [4.69, 9.17) is 9.26 Å². The SMILES string of the molecule is COc1ccccc1C1(O)CCN(CCNC(=O)c2cc(C)no2)CC1. The summed E-state index contributed by atoms with van der Waals surface area (Å²) in [7, 11) is 1.62. The molecule has 1 aromatic carbocycles. The number of ether oxygens (including phenoxy) is 1. The van der Waals surface area contributed by atoms with Gasteiger partial charge in [-0.25, -0.2) is 0 Å². The van der Waals surface area contributed by atoms with Crippen molar-refractivity contribution in [3.8, 4) is 5.75 Å². The van der Waals surface area contributed by atoms with Gasteiger partial charge in [0.05, 0.1) is 18.4 Å². The molecule has 26 heavy (non-hydrogen) atoms. The van der Waals surface area contributed by atoms with Crippen molar-refractivity contribution in [2.24, 2.45) is 0 Å². The van der Waals surface area contributed by atoms with Crippen molar-refractivity contribution in [3.05, 3.63) is 47.3 Å². The fourth-order valence-corrected chi connectivity index (χ4v) is 3.33. The maximum absolute atomic E-state index is 11.9. The Labute approximate surface area is 152 Å². The molecule has 0 aliphatic carbocycles. The molecule has 2 heterocycles. The fourth-order valence-electron chi connectivity index (χ4n) is 3.33. The molecule has 1 fully saturated rings. The van der Waals surface area contributed by atoms with Crippen LogP contribution in [0.3, 0.4) is 0 Å². The molecule has 0 radical (unpaired) electrons. The number of piperidine rings is 1. The summed E-state index contributed by atoms with van der Waals surface area (Å²) in [6.45, 7) is 4.53. The molecule has 0 unspecified atom stereocenters. The highest BCUT2D eigenvalue weighted by Crippen LogP contribution is 2.37. The van der Waals surface area contributed by atoms with Crippen LogP contribution in [0.4, 0.5) is 0 Å². The third-order valence-corrected chi connectivity index (χ3v) is 4.86. The number of aryl methyl sites for hydroxylation is 1. The molecule has 0 bridgehead atoms. The van der Waals surface area contributed by atoms with E-state index in [2.05, 4.69) is 15.4 Å². The molecule has 1 aliphatic rings. The van der Waals surface area contributed by atoms with Gasteiger partial charge >= 0.3 is 0 Å². The number of para-hydroxylation sites is 1. The second-order valence-corrected chi connectivity index (χ2v) is 6.66. The molecule has 1 aliphatic heterocycles. The summed E-state index contributed by atoms with van der Waals surface area (Å²) in [5, 5.41) is 17.6. The van der Waals surface area contributed by atoms with Gasteiger partial charge < -0.3 is 24.6 Å². The number of hydrogen-bond acceptors (Lipinski definition) is 6. The number of aliphatic hydroxyl groups is 1. The molecule has 2 N–H and O–H groups in total. The van der Waals surface area contributed by atoms with E-state index in [0.717, 1.165) is 30.9 Å². The monoisotopic (exact) mass is 359 g/mol. The summed E-state index contributed by atoms with van der Waals surface area (Å²) < 4.78 is 10.3. The van der Waals surface area contributed by atoms with Crippen LogP contribution < -0.4 is 10.1 Å². The molecule has 7 nitrogen and oxygen atoms in total. The lowest BCUT2D eigenvalue weighted by Crippen LogP contribution is -2.45. The quantitative estimate of drug-likeness (QED) is 0.816. The average molecular weight is 359 g/mol. The summed E-state index contributed by atoms with van der Waals surface area (Å²) in [5.74, 6) is 0.692. The Bertz CT molecular complexity index is 751. The molecule has 1 aromatic heterocycles. The van der Waals surface area contributed by atoms with E-state index in [1.807, 2.05) is 24.3 Å². The minimum absolute atomic E-state index is 0.228. The molecule has 3 rings (SSSR count). The van der Waals surface area contributed by atoms with Crippen LogP contribution in [0, 0.1) is 6.92 Å². The van der Waals surface area contributed by atoms with E-state index in [1.165, 1.54) is 0 Å². The normalized spacial score (nSPS) is 17.0. The molecular formula is C19H25N3O4. The zero-order valence-electron chi connectivity index (χ0n) is 15.2. The van der Waals surface area contributed by atoms with Gasteiger partial charge in [-0.2, -0.15) is 0 Å². The number of methoxy groups -OCH3 is 1. The number of amides is 1. The minimum Gasteiger partial charge on any atom is -0.496 e. The standard InChI is InChI=1S/C19H25N3O4/c1-14-13-17(26-21-14)18(23)20-9-12-22-10-7-19(24,8-11-22)15-5-3-4-6-16(15)25-2/h3-6,13,24H,7-12H2,1-2H3,(H,20,23). The third-order valence-electron chi connectivity index (χ3n) is 4.86. The number of benzene rings is 1. The maximum Gasteiger partial charge on any atom is 0.289 e. The Kier molecular flexibility index (Phi) is 5.58. The molecule has 140 valence electrons. The zero-order chi connectivity index (χ0) is 18.6. The van der Waals surface area contributed by atoms with E-state index >= 15 is 0 Å². The lowest BCUT2D eigenvalue weighted by molar-refractivity contribution is -0.0270. The lowest BCUT2D eigenvalue weighted by Gasteiger charge is -2.39. The van der Waals surface area contributed by atoms with Crippen molar-refractivity contribution in [2.75, 3.05) is 33.3 Å². The Morgan fingerprint density at radius 2 is 2.12 bits per heavy atom. The van der Waals surface area contributed by atoms with Crippen molar-refractivity contribution < 1.29 is 19.2 Å². The Balaban J connectivity index is 1.48. The van der Waals surface area contributed by atoms with E-state index in [0.29, 0.717) is 25.1 Å². The number of hydrogen-bond donors (Lipinski definition) is 2. The van der Waals surface area contributed by atoms with Crippen molar-refractivity contribution in [1.29, 1.82) is 0 Å². The van der Waals surface area contributed by atoms with E-state index in [-0.39, 0.29) is 11.7 Å². The van der Waals surface area contributed by atoms with Gasteiger partial charge in [-0.05, 0) is 25.8 Å². The van der Waals surface area contributed by atoms with Crippen LogP contribution in [0.15, 0.2) is 34.9 Å². The first-order chi connectivity index (χ1) is 12.5. The molecular weight excluding hydrogens is 334 g/mol. The van der Waals surface area contributed by atoms with Gasteiger partial charge in [0.15, 0.2) is 0 Å². The van der Waals surface area contributed by atoms with Crippen molar-refractivity contribution in [2.45, 2.75) is 25.4 Å². The van der Waals surface area contributed by atoms with Gasteiger partial charge in [0.2, 0.25) is 5.76 Å². The average Bonchev–Trinajstić information content (AvgIpc) is 3.10. The number of carbonyl (C=O) groups is 1. The van der Waals surface area contributed by atoms with Crippen LogP contribution in [0.1, 0.15) is 34.7 Å². The molecule has 0 saturated carbocycles. The van der Waals surface area contributed by atoms with E-state index in [9.17, 15) is 9.90 Å². The third kappa shape index (κ3) is 4.05. The van der Waals surface area contributed by atoms with Gasteiger partial charge in [0.1, 0.15) is 5.75 Å². The topological polar surface area (TPSA) is 87.8 Å². The summed E-state index contributed by atoms with van der Waals surface area (Å²) in [4.78, 5) is 14.2. The number of nitrogens with zero attached hydrogens (tertiary/aromatic N) is 2. The molecule has 0 spiro atoms. The van der Waals surface area contributed by atoms with Crippen LogP contribution in [-0.4, -0.2) is 54.4 Å². The highest BCUT2D eigenvalue weighted by molar-refractivity contribution is 5.91. The number of aromatic nitrogens is 1. The summed E-state index contributed by atoms with van der Waals surface area (Å²) >= 11 is 0. The highest BCUT2D eigenvalue weighted by Gasteiger charge is 2.35. The zero-order valence-corrected chi connectivity index (χ0v) is 15.2. The van der Waals surface area contributed by atoms with Crippen LogP contribution >= 0.6 is 0 Å². The van der Waals surface area contributed by atoms with E-state index in [1.54, 1.807) is 20.1 Å². The number of likely N-dealkylation sites (tertiary alicyclic amines) is 1. The smallest absolute Gasteiger partial charge is 0.289 e. The van der Waals surface area contributed by atoms with Crippen LogP contribution in [-0.2, 0) is 5.60 Å². The van der Waals surface area contributed by atoms with Gasteiger partial charge in [0, 0.05) is 37.8 Å². The summed E-state index contributed by atoms with van der Waals surface area (Å²) in [6, 6.07) is 9.24. The second kappa shape index (κ2) is 7.88. The maximum atomic E-state index is 11.9. The van der Waals surface area contributed by atoms with Crippen molar-refractivity contribution in [1.82, 2.24) is 15.4 Å². The first-order valence-electron chi connectivity index (χ1n) is 8.81. The molecule has 1 amide bonds. The highest BCUT2D eigenvalue weighted by atomic mass is 16.5. The minimum atomic E-state index is -0.871.